The Hall–Kier alpha value is -1.99. The Kier molecular flexibility index (Phi) is 7.14. The first-order valence-corrected chi connectivity index (χ1v) is 8.84. The van der Waals surface area contributed by atoms with E-state index in [1.807, 2.05) is 0 Å². The van der Waals surface area contributed by atoms with Gasteiger partial charge in [-0.15, -0.1) is 5.92 Å². The third kappa shape index (κ3) is 5.58. The molecule has 2 rings (SSSR count). The molecule has 1 amide bonds. The maximum Gasteiger partial charge on any atom is 0.251 e. The second-order valence-corrected chi connectivity index (χ2v) is 6.38. The molecule has 0 aromatic heterocycles. The summed E-state index contributed by atoms with van der Waals surface area (Å²) in [5.41, 5.74) is 6.97. The van der Waals surface area contributed by atoms with Crippen LogP contribution in [0.5, 0.6) is 5.75 Å². The number of amides is 1. The highest BCUT2D eigenvalue weighted by molar-refractivity contribution is 5.94. The summed E-state index contributed by atoms with van der Waals surface area (Å²) in [5.74, 6) is 6.85. The highest BCUT2D eigenvalue weighted by Crippen LogP contribution is 2.33. The fraction of sp³-hybridized carbons (Fsp3) is 0.550. The molecule has 2 atom stereocenters. The molecule has 1 aliphatic carbocycles. The van der Waals surface area contributed by atoms with Crippen LogP contribution in [0.25, 0.3) is 0 Å². The van der Waals surface area contributed by atoms with Crippen LogP contribution in [-0.2, 0) is 0 Å². The summed E-state index contributed by atoms with van der Waals surface area (Å²) >= 11 is 0. The molecule has 0 spiro atoms. The zero-order valence-corrected chi connectivity index (χ0v) is 14.7. The van der Waals surface area contributed by atoms with Crippen molar-refractivity contribution in [3.63, 3.8) is 0 Å². The van der Waals surface area contributed by atoms with Crippen molar-refractivity contribution in [3.05, 3.63) is 29.8 Å². The average molecular weight is 328 g/mol. The van der Waals surface area contributed by atoms with Crippen LogP contribution < -0.4 is 15.8 Å². The van der Waals surface area contributed by atoms with Gasteiger partial charge in [0.15, 0.2) is 0 Å². The summed E-state index contributed by atoms with van der Waals surface area (Å²) in [4.78, 5) is 12.5. The number of ether oxygens (including phenoxy) is 1. The normalized spacial score (nSPS) is 15.8. The average Bonchev–Trinajstić information content (AvgIpc) is 3.43. The minimum atomic E-state index is -0.0629. The summed E-state index contributed by atoms with van der Waals surface area (Å²) in [6.07, 6.45) is 5.50. The van der Waals surface area contributed by atoms with Crippen LogP contribution in [0.2, 0.25) is 0 Å². The number of hydrogen-bond acceptors (Lipinski definition) is 3. The lowest BCUT2D eigenvalue weighted by molar-refractivity contribution is 0.0925. The Morgan fingerprint density at radius 3 is 2.67 bits per heavy atom. The van der Waals surface area contributed by atoms with Gasteiger partial charge in [0.05, 0.1) is 0 Å². The molecular formula is C20H28N2O2. The maximum absolute atomic E-state index is 12.5. The van der Waals surface area contributed by atoms with E-state index in [4.69, 9.17) is 10.5 Å². The van der Waals surface area contributed by atoms with Gasteiger partial charge in [-0.2, -0.15) is 0 Å². The number of nitrogens with two attached hydrogens (primary N) is 1. The van der Waals surface area contributed by atoms with E-state index < -0.39 is 0 Å². The van der Waals surface area contributed by atoms with Gasteiger partial charge >= 0.3 is 0 Å². The number of unbranched alkanes of at least 4 members (excludes halogenated alkanes) is 1. The molecule has 1 aliphatic rings. The minimum absolute atomic E-state index is 0.0562. The van der Waals surface area contributed by atoms with E-state index >= 15 is 0 Å². The van der Waals surface area contributed by atoms with Crippen molar-refractivity contribution in [1.82, 2.24) is 5.32 Å². The molecule has 0 unspecified atom stereocenters. The monoisotopic (exact) mass is 328 g/mol. The number of benzene rings is 1. The maximum atomic E-state index is 12.5. The van der Waals surface area contributed by atoms with Gasteiger partial charge < -0.3 is 15.8 Å². The van der Waals surface area contributed by atoms with Crippen LogP contribution in [0.4, 0.5) is 0 Å². The highest BCUT2D eigenvalue weighted by Gasteiger charge is 2.34. The molecule has 0 radical (unpaired) electrons. The topological polar surface area (TPSA) is 64.3 Å². The van der Waals surface area contributed by atoms with Gasteiger partial charge in [0.25, 0.3) is 5.91 Å². The zero-order chi connectivity index (χ0) is 17.4. The number of nitrogens with one attached hydrogen (secondary N) is 1. The lowest BCUT2D eigenvalue weighted by Gasteiger charge is -2.25. The van der Waals surface area contributed by atoms with Crippen LogP contribution in [0, 0.1) is 17.8 Å². The summed E-state index contributed by atoms with van der Waals surface area (Å²) in [5, 5.41) is 3.13. The Labute approximate surface area is 145 Å². The number of hydrogen-bond donors (Lipinski definition) is 2. The van der Waals surface area contributed by atoms with E-state index in [-0.39, 0.29) is 18.0 Å². The molecule has 24 heavy (non-hydrogen) atoms. The first kappa shape index (κ1) is 18.4. The summed E-state index contributed by atoms with van der Waals surface area (Å²) in [6, 6.07) is 7.28. The van der Waals surface area contributed by atoms with Crippen LogP contribution >= 0.6 is 0 Å². The van der Waals surface area contributed by atoms with Gasteiger partial charge in [0.2, 0.25) is 0 Å². The summed E-state index contributed by atoms with van der Waals surface area (Å²) in [7, 11) is 0. The second-order valence-electron chi connectivity index (χ2n) is 6.38. The Morgan fingerprint density at radius 1 is 1.38 bits per heavy atom. The van der Waals surface area contributed by atoms with E-state index in [2.05, 4.69) is 24.1 Å². The molecule has 0 aliphatic heterocycles. The van der Waals surface area contributed by atoms with E-state index in [1.54, 1.807) is 31.2 Å². The molecule has 130 valence electrons. The molecular weight excluding hydrogens is 300 g/mol. The molecule has 1 saturated carbocycles. The van der Waals surface area contributed by atoms with E-state index in [1.165, 1.54) is 12.8 Å². The van der Waals surface area contributed by atoms with Gasteiger partial charge in [0, 0.05) is 17.6 Å². The number of carbonyl (C=O) groups excluding carboxylic acids is 1. The Morgan fingerprint density at radius 2 is 2.08 bits per heavy atom. The number of carbonyl (C=O) groups is 1. The second kappa shape index (κ2) is 9.34. The summed E-state index contributed by atoms with van der Waals surface area (Å²) in [6.45, 7) is 4.29. The van der Waals surface area contributed by atoms with Crippen molar-refractivity contribution >= 4 is 5.91 Å². The zero-order valence-electron chi connectivity index (χ0n) is 14.7. The fourth-order valence-corrected chi connectivity index (χ4v) is 2.74. The minimum Gasteiger partial charge on any atom is -0.481 e. The molecule has 1 aromatic carbocycles. The van der Waals surface area contributed by atoms with Crippen molar-refractivity contribution in [2.45, 2.75) is 58.0 Å². The predicted octanol–water partition coefficient (Wildman–Crippen LogP) is 3.11. The molecule has 1 aromatic rings. The Bertz CT molecular complexity index is 582. The molecule has 0 heterocycles. The molecule has 4 nitrogen and oxygen atoms in total. The largest absolute Gasteiger partial charge is 0.481 e. The van der Waals surface area contributed by atoms with Crippen molar-refractivity contribution in [2.75, 3.05) is 6.61 Å². The van der Waals surface area contributed by atoms with Crippen molar-refractivity contribution in [3.8, 4) is 17.6 Å². The van der Waals surface area contributed by atoms with Gasteiger partial charge in [-0.3, -0.25) is 4.79 Å². The van der Waals surface area contributed by atoms with Crippen LogP contribution in [-0.4, -0.2) is 24.6 Å². The van der Waals surface area contributed by atoms with E-state index in [9.17, 15) is 4.79 Å². The van der Waals surface area contributed by atoms with Gasteiger partial charge in [-0.25, -0.2) is 0 Å². The lowest BCUT2D eigenvalue weighted by Crippen LogP contribution is -2.48. The van der Waals surface area contributed by atoms with E-state index in [0.717, 1.165) is 19.3 Å². The fourth-order valence-electron chi connectivity index (χ4n) is 2.74. The van der Waals surface area contributed by atoms with Crippen molar-refractivity contribution in [2.24, 2.45) is 11.7 Å². The standard InChI is InChI=1S/C20H28N2O2/c1-3-5-7-18(19(21)15-8-9-15)22-20(23)16-10-12-17(13-11-16)24-14-6-4-2/h10-13,15,18-19H,3,5,7-9,14,21H2,1-2H3,(H,22,23)/t18-,19-/m1/s1. The van der Waals surface area contributed by atoms with Gasteiger partial charge in [-0.05, 0) is 56.4 Å². The van der Waals surface area contributed by atoms with Gasteiger partial charge in [0.1, 0.15) is 12.4 Å². The lowest BCUT2D eigenvalue weighted by atomic mass is 9.98. The smallest absolute Gasteiger partial charge is 0.251 e. The molecule has 0 saturated heterocycles. The Balaban J connectivity index is 1.93. The molecule has 1 fully saturated rings. The third-order valence-electron chi connectivity index (χ3n) is 4.42. The first-order chi connectivity index (χ1) is 11.7. The van der Waals surface area contributed by atoms with Gasteiger partial charge in [-0.1, -0.05) is 25.7 Å². The SMILES string of the molecule is CC#CCOc1ccc(C(=O)N[C@H](CCCC)[C@H](N)C2CC2)cc1. The van der Waals surface area contributed by atoms with Crippen LogP contribution in [0.3, 0.4) is 0 Å². The highest BCUT2D eigenvalue weighted by atomic mass is 16.5. The predicted molar refractivity (Wildman–Crippen MR) is 96.9 cm³/mol. The molecule has 0 bridgehead atoms. The third-order valence-corrected chi connectivity index (χ3v) is 4.42. The quantitative estimate of drug-likeness (QED) is 0.685. The summed E-state index contributed by atoms with van der Waals surface area (Å²) < 4.78 is 5.47. The van der Waals surface area contributed by atoms with Crippen molar-refractivity contribution in [1.29, 1.82) is 0 Å². The van der Waals surface area contributed by atoms with Crippen molar-refractivity contribution < 1.29 is 9.53 Å². The molecule has 3 N–H and O–H groups in total. The molecule has 4 heteroatoms. The van der Waals surface area contributed by atoms with E-state index in [0.29, 0.717) is 23.8 Å². The number of rotatable bonds is 9. The van der Waals surface area contributed by atoms with Crippen LogP contribution in [0.1, 0.15) is 56.3 Å². The first-order valence-electron chi connectivity index (χ1n) is 8.84. The van der Waals surface area contributed by atoms with Crippen LogP contribution in [0.15, 0.2) is 24.3 Å².